The second-order valence-electron chi connectivity index (χ2n) is 6.26. The number of carbonyl (C=O) groups is 3. The van der Waals surface area contributed by atoms with Crippen LogP contribution in [0.3, 0.4) is 0 Å². The average molecular weight is 371 g/mol. The molecule has 0 spiro atoms. The van der Waals surface area contributed by atoms with E-state index in [1.807, 2.05) is 0 Å². The number of fused-ring (bicyclic) bond motifs is 1. The van der Waals surface area contributed by atoms with Crippen LogP contribution in [-0.2, 0) is 20.9 Å². The number of likely N-dealkylation sites (N-methyl/N-ethyl adjacent to an activating group) is 1. The fourth-order valence-electron chi connectivity index (χ4n) is 2.74. The van der Waals surface area contributed by atoms with E-state index in [0.29, 0.717) is 17.2 Å². The van der Waals surface area contributed by atoms with Gasteiger partial charge in [-0.25, -0.2) is 0 Å². The fraction of sp³-hybridized carbons (Fsp3) is 0.316. The second-order valence-corrected chi connectivity index (χ2v) is 6.26. The van der Waals surface area contributed by atoms with E-state index in [1.165, 1.54) is 23.1 Å². The Morgan fingerprint density at radius 2 is 2.00 bits per heavy atom. The maximum absolute atomic E-state index is 12.5. The summed E-state index contributed by atoms with van der Waals surface area (Å²) in [6.07, 6.45) is 0.851. The molecule has 8 heteroatoms. The second kappa shape index (κ2) is 7.94. The number of hydrogen-bond acceptors (Lipinski definition) is 5. The summed E-state index contributed by atoms with van der Waals surface area (Å²) in [4.78, 5) is 39.7. The molecule has 0 fully saturated rings. The van der Waals surface area contributed by atoms with Gasteiger partial charge in [-0.1, -0.05) is 12.1 Å². The lowest BCUT2D eigenvalue weighted by Gasteiger charge is -2.33. The van der Waals surface area contributed by atoms with E-state index in [9.17, 15) is 14.4 Å². The highest BCUT2D eigenvalue weighted by molar-refractivity contribution is 6.03. The summed E-state index contributed by atoms with van der Waals surface area (Å²) in [6, 6.07) is 10.5. The molecule has 1 unspecified atom stereocenters. The van der Waals surface area contributed by atoms with Crippen molar-refractivity contribution in [2.45, 2.75) is 19.6 Å². The monoisotopic (exact) mass is 371 g/mol. The van der Waals surface area contributed by atoms with Crippen molar-refractivity contribution in [3.63, 3.8) is 0 Å². The van der Waals surface area contributed by atoms with Gasteiger partial charge in [0.1, 0.15) is 18.1 Å². The Labute approximate surface area is 156 Å². The highest BCUT2D eigenvalue weighted by Gasteiger charge is 2.33. The lowest BCUT2D eigenvalue weighted by atomic mass is 10.2. The van der Waals surface area contributed by atoms with Gasteiger partial charge >= 0.3 is 0 Å². The highest BCUT2D eigenvalue weighted by atomic mass is 16.5. The molecule has 8 nitrogen and oxygen atoms in total. The number of para-hydroxylation sites is 2. The minimum Gasteiger partial charge on any atom is -0.479 e. The van der Waals surface area contributed by atoms with Crippen LogP contribution in [0.5, 0.6) is 5.75 Å². The maximum atomic E-state index is 12.5. The van der Waals surface area contributed by atoms with E-state index < -0.39 is 6.10 Å². The largest absolute Gasteiger partial charge is 0.479 e. The zero-order valence-corrected chi connectivity index (χ0v) is 15.2. The van der Waals surface area contributed by atoms with Gasteiger partial charge in [-0.3, -0.25) is 19.3 Å². The molecule has 27 heavy (non-hydrogen) atoms. The van der Waals surface area contributed by atoms with Crippen LogP contribution in [0.4, 0.5) is 5.69 Å². The summed E-state index contributed by atoms with van der Waals surface area (Å²) in [5.74, 6) is 0.223. The summed E-state index contributed by atoms with van der Waals surface area (Å²) in [7, 11) is 1.52. The molecule has 142 valence electrons. The first-order valence-corrected chi connectivity index (χ1v) is 8.56. The lowest BCUT2D eigenvalue weighted by molar-refractivity contribution is -0.135. The first-order valence-electron chi connectivity index (χ1n) is 8.56. The number of hydrogen-bond donors (Lipinski definition) is 1. The molecule has 1 aliphatic rings. The number of amides is 3. The van der Waals surface area contributed by atoms with Gasteiger partial charge < -0.3 is 19.4 Å². The van der Waals surface area contributed by atoms with Gasteiger partial charge in [0.2, 0.25) is 11.8 Å². The van der Waals surface area contributed by atoms with E-state index in [-0.39, 0.29) is 37.4 Å². The van der Waals surface area contributed by atoms with Crippen LogP contribution in [0.25, 0.3) is 0 Å². The molecular weight excluding hydrogens is 350 g/mol. The van der Waals surface area contributed by atoms with Crippen LogP contribution in [0, 0.1) is 0 Å². The SMILES string of the molecule is CC1Oc2ccccc2N(CC(=O)N(C)CC(=O)NCc2ccco2)C1=O. The number of carbonyl (C=O) groups excluding carboxylic acids is 3. The standard InChI is InChI=1S/C19H21N3O5/c1-13-19(25)22(15-7-3-4-8-16(15)27-13)12-18(24)21(2)11-17(23)20-10-14-6-5-9-26-14/h3-9,13H,10-12H2,1-2H3,(H,20,23). The summed E-state index contributed by atoms with van der Waals surface area (Å²) in [6.45, 7) is 1.61. The molecule has 0 saturated carbocycles. The minimum absolute atomic E-state index is 0.116. The Bertz CT molecular complexity index is 834. The molecular formula is C19H21N3O5. The van der Waals surface area contributed by atoms with E-state index in [0.717, 1.165) is 0 Å². The first kappa shape index (κ1) is 18.5. The summed E-state index contributed by atoms with van der Waals surface area (Å²) in [5.41, 5.74) is 0.546. The molecule has 3 amide bonds. The quantitative estimate of drug-likeness (QED) is 0.823. The van der Waals surface area contributed by atoms with Crippen LogP contribution >= 0.6 is 0 Å². The highest BCUT2D eigenvalue weighted by Crippen LogP contribution is 2.33. The maximum Gasteiger partial charge on any atom is 0.268 e. The van der Waals surface area contributed by atoms with E-state index in [1.54, 1.807) is 43.3 Å². The van der Waals surface area contributed by atoms with Crippen LogP contribution in [0.15, 0.2) is 47.1 Å². The Morgan fingerprint density at radius 1 is 1.22 bits per heavy atom. The third kappa shape index (κ3) is 4.28. The molecule has 0 bridgehead atoms. The topological polar surface area (TPSA) is 92.1 Å². The van der Waals surface area contributed by atoms with Crippen molar-refractivity contribution >= 4 is 23.4 Å². The third-order valence-electron chi connectivity index (χ3n) is 4.21. The van der Waals surface area contributed by atoms with E-state index >= 15 is 0 Å². The van der Waals surface area contributed by atoms with E-state index in [4.69, 9.17) is 9.15 Å². The van der Waals surface area contributed by atoms with Crippen molar-refractivity contribution in [1.29, 1.82) is 0 Å². The van der Waals surface area contributed by atoms with Crippen LogP contribution in [0.1, 0.15) is 12.7 Å². The van der Waals surface area contributed by atoms with Crippen molar-refractivity contribution < 1.29 is 23.5 Å². The molecule has 0 aliphatic carbocycles. The molecule has 1 N–H and O–H groups in total. The first-order chi connectivity index (χ1) is 13.0. The predicted molar refractivity (Wildman–Crippen MR) is 97.1 cm³/mol. The molecule has 1 aromatic heterocycles. The predicted octanol–water partition coefficient (Wildman–Crippen LogP) is 1.17. The Morgan fingerprint density at radius 3 is 2.74 bits per heavy atom. The van der Waals surface area contributed by atoms with Crippen molar-refractivity contribution in [2.75, 3.05) is 25.0 Å². The van der Waals surface area contributed by atoms with Gasteiger partial charge in [-0.05, 0) is 31.2 Å². The zero-order valence-electron chi connectivity index (χ0n) is 15.2. The number of anilines is 1. The van der Waals surface area contributed by atoms with Crippen molar-refractivity contribution in [1.82, 2.24) is 10.2 Å². The fourth-order valence-corrected chi connectivity index (χ4v) is 2.74. The molecule has 0 radical (unpaired) electrons. The summed E-state index contributed by atoms with van der Waals surface area (Å²) >= 11 is 0. The van der Waals surface area contributed by atoms with Gasteiger partial charge in [0.25, 0.3) is 5.91 Å². The van der Waals surface area contributed by atoms with Crippen LogP contribution in [-0.4, -0.2) is 48.9 Å². The normalized spacial score (nSPS) is 15.7. The van der Waals surface area contributed by atoms with Gasteiger partial charge in [-0.2, -0.15) is 0 Å². The van der Waals surface area contributed by atoms with Gasteiger partial charge in [0, 0.05) is 7.05 Å². The molecule has 0 saturated heterocycles. The molecule has 3 rings (SSSR count). The smallest absolute Gasteiger partial charge is 0.268 e. The zero-order chi connectivity index (χ0) is 19.4. The minimum atomic E-state index is -0.672. The molecule has 2 heterocycles. The molecule has 1 aromatic carbocycles. The Hall–Kier alpha value is -3.29. The number of furan rings is 1. The average Bonchev–Trinajstić information content (AvgIpc) is 3.17. The molecule has 2 aromatic rings. The number of nitrogens with zero attached hydrogens (tertiary/aromatic N) is 2. The third-order valence-corrected chi connectivity index (χ3v) is 4.21. The van der Waals surface area contributed by atoms with Crippen LogP contribution < -0.4 is 15.0 Å². The lowest BCUT2D eigenvalue weighted by Crippen LogP contribution is -2.50. The van der Waals surface area contributed by atoms with Crippen LogP contribution in [0.2, 0.25) is 0 Å². The Kier molecular flexibility index (Phi) is 5.44. The molecule has 1 aliphatic heterocycles. The van der Waals surface area contributed by atoms with Gasteiger partial charge in [0.15, 0.2) is 6.10 Å². The van der Waals surface area contributed by atoms with Gasteiger partial charge in [0.05, 0.1) is 25.0 Å². The van der Waals surface area contributed by atoms with Gasteiger partial charge in [-0.15, -0.1) is 0 Å². The number of rotatable bonds is 6. The van der Waals surface area contributed by atoms with Crippen molar-refractivity contribution in [3.8, 4) is 5.75 Å². The number of benzene rings is 1. The number of nitrogens with one attached hydrogen (secondary N) is 1. The Balaban J connectivity index is 1.59. The number of ether oxygens (including phenoxy) is 1. The van der Waals surface area contributed by atoms with E-state index in [2.05, 4.69) is 5.32 Å². The van der Waals surface area contributed by atoms with Crippen molar-refractivity contribution in [2.24, 2.45) is 0 Å². The van der Waals surface area contributed by atoms with Crippen molar-refractivity contribution in [3.05, 3.63) is 48.4 Å². The molecule has 1 atom stereocenters. The summed E-state index contributed by atoms with van der Waals surface area (Å²) in [5, 5.41) is 2.68. The summed E-state index contributed by atoms with van der Waals surface area (Å²) < 4.78 is 10.7.